The van der Waals surface area contributed by atoms with Crippen LogP contribution in [-0.4, -0.2) is 23.6 Å². The highest BCUT2D eigenvalue weighted by atomic mass is 16.2. The fraction of sp³-hybridized carbons (Fsp3) is 0.0909. The van der Waals surface area contributed by atoms with Crippen LogP contribution in [0.4, 0.5) is 0 Å². The molecule has 6 nitrogen and oxygen atoms in total. The van der Waals surface area contributed by atoms with Crippen LogP contribution in [0.1, 0.15) is 24.0 Å². The second kappa shape index (κ2) is 7.08. The van der Waals surface area contributed by atoms with Crippen molar-refractivity contribution in [1.29, 1.82) is 0 Å². The smallest absolute Gasteiger partial charge is 0.259 e. The second-order valence-electron chi connectivity index (χ2n) is 6.51. The van der Waals surface area contributed by atoms with Gasteiger partial charge in [-0.15, -0.1) is 0 Å². The molecule has 0 saturated heterocycles. The average molecular weight is 372 g/mol. The molecule has 0 unspecified atom stereocenters. The number of imide groups is 2. The SMILES string of the molecule is O=C1NC(=O)C(c2ccccc2)=C1CCC1=C(c2ccccc2)C(=O)NC1=O. The highest BCUT2D eigenvalue weighted by Gasteiger charge is 2.34. The van der Waals surface area contributed by atoms with Gasteiger partial charge in [-0.1, -0.05) is 60.7 Å². The summed E-state index contributed by atoms with van der Waals surface area (Å²) in [4.78, 5) is 49.1. The van der Waals surface area contributed by atoms with Crippen LogP contribution >= 0.6 is 0 Å². The molecule has 0 saturated carbocycles. The molecule has 0 aliphatic carbocycles. The highest BCUT2D eigenvalue weighted by molar-refractivity contribution is 6.37. The Balaban J connectivity index is 1.70. The van der Waals surface area contributed by atoms with Gasteiger partial charge in [0.1, 0.15) is 0 Å². The van der Waals surface area contributed by atoms with Gasteiger partial charge in [-0.2, -0.15) is 0 Å². The molecule has 0 radical (unpaired) electrons. The largest absolute Gasteiger partial charge is 0.288 e. The Morgan fingerprint density at radius 3 is 1.21 bits per heavy atom. The minimum absolute atomic E-state index is 0.175. The van der Waals surface area contributed by atoms with Gasteiger partial charge in [-0.05, 0) is 24.0 Å². The molecule has 28 heavy (non-hydrogen) atoms. The summed E-state index contributed by atoms with van der Waals surface area (Å²) in [5.41, 5.74) is 2.57. The fourth-order valence-electron chi connectivity index (χ4n) is 3.53. The van der Waals surface area contributed by atoms with E-state index < -0.39 is 23.6 Å². The maximum Gasteiger partial charge on any atom is 0.259 e. The average Bonchev–Trinajstić information content (AvgIpc) is 3.15. The van der Waals surface area contributed by atoms with E-state index in [4.69, 9.17) is 0 Å². The third kappa shape index (κ3) is 3.05. The number of carbonyl (C=O) groups is 4. The summed E-state index contributed by atoms with van der Waals surface area (Å²) in [6, 6.07) is 17.8. The summed E-state index contributed by atoms with van der Waals surface area (Å²) < 4.78 is 0. The summed E-state index contributed by atoms with van der Waals surface area (Å²) >= 11 is 0. The van der Waals surface area contributed by atoms with E-state index >= 15 is 0 Å². The molecule has 138 valence electrons. The first-order chi connectivity index (χ1) is 13.6. The lowest BCUT2D eigenvalue weighted by Gasteiger charge is -2.06. The summed E-state index contributed by atoms with van der Waals surface area (Å²) in [6.45, 7) is 0. The summed E-state index contributed by atoms with van der Waals surface area (Å²) in [7, 11) is 0. The lowest BCUT2D eigenvalue weighted by atomic mass is 9.94. The van der Waals surface area contributed by atoms with Gasteiger partial charge in [0, 0.05) is 11.1 Å². The zero-order valence-corrected chi connectivity index (χ0v) is 14.8. The van der Waals surface area contributed by atoms with Gasteiger partial charge in [-0.25, -0.2) is 0 Å². The first-order valence-corrected chi connectivity index (χ1v) is 8.84. The Labute approximate surface area is 160 Å². The van der Waals surface area contributed by atoms with Crippen molar-refractivity contribution in [3.05, 3.63) is 82.9 Å². The van der Waals surface area contributed by atoms with Crippen LogP contribution in [-0.2, 0) is 19.2 Å². The predicted molar refractivity (Wildman–Crippen MR) is 102 cm³/mol. The van der Waals surface area contributed by atoms with Gasteiger partial charge < -0.3 is 0 Å². The Hall–Kier alpha value is -3.80. The van der Waals surface area contributed by atoms with Gasteiger partial charge in [0.15, 0.2) is 0 Å². The van der Waals surface area contributed by atoms with Crippen molar-refractivity contribution in [2.75, 3.05) is 0 Å². The van der Waals surface area contributed by atoms with Gasteiger partial charge in [-0.3, -0.25) is 29.8 Å². The van der Waals surface area contributed by atoms with E-state index in [1.807, 2.05) is 12.1 Å². The maximum atomic E-state index is 12.3. The van der Waals surface area contributed by atoms with E-state index in [9.17, 15) is 19.2 Å². The van der Waals surface area contributed by atoms with Crippen LogP contribution in [0.3, 0.4) is 0 Å². The molecule has 2 aromatic carbocycles. The molecule has 0 bridgehead atoms. The van der Waals surface area contributed by atoms with Crippen LogP contribution in [0.5, 0.6) is 0 Å². The molecule has 2 aliphatic rings. The van der Waals surface area contributed by atoms with Crippen LogP contribution < -0.4 is 10.6 Å². The van der Waals surface area contributed by atoms with Crippen molar-refractivity contribution in [2.45, 2.75) is 12.8 Å². The minimum atomic E-state index is -0.463. The number of hydrogen-bond acceptors (Lipinski definition) is 4. The summed E-state index contributed by atoms with van der Waals surface area (Å²) in [5, 5.41) is 4.64. The summed E-state index contributed by atoms with van der Waals surface area (Å²) in [5.74, 6) is -1.82. The van der Waals surface area contributed by atoms with E-state index in [1.54, 1.807) is 48.5 Å². The van der Waals surface area contributed by atoms with Crippen molar-refractivity contribution in [2.24, 2.45) is 0 Å². The van der Waals surface area contributed by atoms with Crippen molar-refractivity contribution >= 4 is 34.8 Å². The van der Waals surface area contributed by atoms with Gasteiger partial charge >= 0.3 is 0 Å². The van der Waals surface area contributed by atoms with Crippen molar-refractivity contribution in [1.82, 2.24) is 10.6 Å². The van der Waals surface area contributed by atoms with Gasteiger partial charge in [0.05, 0.1) is 11.1 Å². The topological polar surface area (TPSA) is 92.3 Å². The molecule has 0 spiro atoms. The normalized spacial score (nSPS) is 16.7. The molecule has 0 atom stereocenters. The molecule has 2 N–H and O–H groups in total. The van der Waals surface area contributed by atoms with E-state index in [0.717, 1.165) is 0 Å². The second-order valence-corrected chi connectivity index (χ2v) is 6.51. The zero-order valence-electron chi connectivity index (χ0n) is 14.8. The van der Waals surface area contributed by atoms with E-state index in [-0.39, 0.29) is 12.8 Å². The van der Waals surface area contributed by atoms with Gasteiger partial charge in [0.25, 0.3) is 23.6 Å². The Kier molecular flexibility index (Phi) is 4.45. The highest BCUT2D eigenvalue weighted by Crippen LogP contribution is 2.31. The zero-order chi connectivity index (χ0) is 19.7. The monoisotopic (exact) mass is 372 g/mol. The van der Waals surface area contributed by atoms with Crippen LogP contribution in [0.15, 0.2) is 71.8 Å². The maximum absolute atomic E-state index is 12.3. The molecule has 2 aromatic rings. The third-order valence-corrected chi connectivity index (χ3v) is 4.81. The van der Waals surface area contributed by atoms with E-state index in [2.05, 4.69) is 10.6 Å². The molecule has 4 rings (SSSR count). The third-order valence-electron chi connectivity index (χ3n) is 4.81. The number of benzene rings is 2. The Morgan fingerprint density at radius 1 is 0.500 bits per heavy atom. The minimum Gasteiger partial charge on any atom is -0.288 e. The number of nitrogens with one attached hydrogen (secondary N) is 2. The number of carbonyl (C=O) groups excluding carboxylic acids is 4. The van der Waals surface area contributed by atoms with Crippen LogP contribution in [0, 0.1) is 0 Å². The van der Waals surface area contributed by atoms with E-state index in [1.165, 1.54) is 0 Å². The molecule has 0 fully saturated rings. The van der Waals surface area contributed by atoms with Crippen molar-refractivity contribution < 1.29 is 19.2 Å². The first-order valence-electron chi connectivity index (χ1n) is 8.84. The molecule has 2 heterocycles. The van der Waals surface area contributed by atoms with E-state index in [0.29, 0.717) is 33.4 Å². The lowest BCUT2D eigenvalue weighted by Crippen LogP contribution is -2.23. The van der Waals surface area contributed by atoms with Gasteiger partial charge in [0.2, 0.25) is 0 Å². The standard InChI is InChI=1S/C22H16N2O4/c25-19-15(17(21(27)23-19)13-7-3-1-4-8-13)11-12-16-18(22(28)24-20(16)26)14-9-5-2-6-10-14/h1-10H,11-12H2,(H,23,25,27)(H,24,26,28). The lowest BCUT2D eigenvalue weighted by molar-refractivity contribution is -0.125. The summed E-state index contributed by atoms with van der Waals surface area (Å²) in [6.07, 6.45) is 0.350. The molecule has 0 aromatic heterocycles. The molecule has 2 aliphatic heterocycles. The van der Waals surface area contributed by atoms with Crippen molar-refractivity contribution in [3.63, 3.8) is 0 Å². The quantitative estimate of drug-likeness (QED) is 0.785. The molecule has 6 heteroatoms. The molecular formula is C22H16N2O4. The Bertz CT molecular complexity index is 979. The predicted octanol–water partition coefficient (Wildman–Crippen LogP) is 1.99. The first kappa shape index (κ1) is 17.6. The van der Waals surface area contributed by atoms with Crippen molar-refractivity contribution in [3.8, 4) is 0 Å². The Morgan fingerprint density at radius 2 is 0.857 bits per heavy atom. The molecular weight excluding hydrogens is 356 g/mol. The fourth-order valence-corrected chi connectivity index (χ4v) is 3.53. The number of rotatable bonds is 5. The van der Waals surface area contributed by atoms with Crippen LogP contribution in [0.2, 0.25) is 0 Å². The molecule has 4 amide bonds. The van der Waals surface area contributed by atoms with Crippen LogP contribution in [0.25, 0.3) is 11.1 Å². The number of amides is 4. The number of hydrogen-bond donors (Lipinski definition) is 2.